The summed E-state index contributed by atoms with van der Waals surface area (Å²) in [6.45, 7) is 0.794. The summed E-state index contributed by atoms with van der Waals surface area (Å²) >= 11 is 0. The van der Waals surface area contributed by atoms with E-state index in [2.05, 4.69) is 5.32 Å². The highest BCUT2D eigenvalue weighted by molar-refractivity contribution is 5.22. The first-order valence-corrected chi connectivity index (χ1v) is 4.44. The van der Waals surface area contributed by atoms with Crippen LogP contribution in [0.2, 0.25) is 0 Å². The normalized spacial score (nSPS) is 27.8. The first kappa shape index (κ1) is 8.66. The maximum atomic E-state index is 12.8. The van der Waals surface area contributed by atoms with Gasteiger partial charge in [0.25, 0.3) is 0 Å². The van der Waals surface area contributed by atoms with Gasteiger partial charge < -0.3 is 10.4 Å². The maximum absolute atomic E-state index is 12.8. The number of hydrogen-bond acceptors (Lipinski definition) is 2. The van der Waals surface area contributed by atoms with Crippen LogP contribution in [0.25, 0.3) is 0 Å². The van der Waals surface area contributed by atoms with E-state index in [0.717, 1.165) is 18.5 Å². The average molecular weight is 181 g/mol. The van der Waals surface area contributed by atoms with Crippen molar-refractivity contribution in [1.82, 2.24) is 5.32 Å². The van der Waals surface area contributed by atoms with E-state index >= 15 is 0 Å². The molecule has 0 radical (unpaired) electrons. The topological polar surface area (TPSA) is 32.3 Å². The Balaban J connectivity index is 2.24. The molecule has 0 bridgehead atoms. The Morgan fingerprint density at radius 1 is 1.46 bits per heavy atom. The molecule has 0 saturated carbocycles. The molecule has 1 aliphatic rings. The van der Waals surface area contributed by atoms with Gasteiger partial charge in [0, 0.05) is 0 Å². The van der Waals surface area contributed by atoms with Gasteiger partial charge in [-0.1, -0.05) is 12.1 Å². The molecule has 70 valence electrons. The van der Waals surface area contributed by atoms with Gasteiger partial charge in [0.15, 0.2) is 0 Å². The Hall–Kier alpha value is -0.930. The minimum atomic E-state index is -0.387. The third-order valence-corrected chi connectivity index (χ3v) is 2.40. The van der Waals surface area contributed by atoms with Crippen LogP contribution in [0.5, 0.6) is 0 Å². The molecule has 0 unspecified atom stereocenters. The Labute approximate surface area is 76.4 Å². The summed E-state index contributed by atoms with van der Waals surface area (Å²) in [5.74, 6) is -0.251. The van der Waals surface area contributed by atoms with Crippen LogP contribution < -0.4 is 5.32 Å². The molecule has 2 atom stereocenters. The van der Waals surface area contributed by atoms with E-state index in [0.29, 0.717) is 0 Å². The fraction of sp³-hybridized carbons (Fsp3) is 0.400. The number of rotatable bonds is 1. The smallest absolute Gasteiger partial charge is 0.123 e. The second-order valence-corrected chi connectivity index (χ2v) is 3.34. The molecule has 0 spiro atoms. The molecule has 0 aliphatic carbocycles. The first-order chi connectivity index (χ1) is 6.27. The summed E-state index contributed by atoms with van der Waals surface area (Å²) in [5, 5.41) is 12.7. The summed E-state index contributed by atoms with van der Waals surface area (Å²) in [4.78, 5) is 0. The molecule has 1 aromatic rings. The molecule has 1 aromatic carbocycles. The van der Waals surface area contributed by atoms with Crippen molar-refractivity contribution < 1.29 is 9.50 Å². The number of halogens is 1. The van der Waals surface area contributed by atoms with Crippen LogP contribution >= 0.6 is 0 Å². The van der Waals surface area contributed by atoms with E-state index in [1.807, 2.05) is 6.07 Å². The number of hydrogen-bond donors (Lipinski definition) is 2. The van der Waals surface area contributed by atoms with E-state index < -0.39 is 0 Å². The minimum absolute atomic E-state index is 0.101. The standard InChI is InChI=1S/C10H12FNO/c11-8-3-1-2-7(6-8)10-9(13)4-5-12-10/h1-3,6,9-10,12-13H,4-5H2/t9-,10-/m0/s1. The molecular weight excluding hydrogens is 169 g/mol. The van der Waals surface area contributed by atoms with Gasteiger partial charge in [-0.2, -0.15) is 0 Å². The van der Waals surface area contributed by atoms with Gasteiger partial charge >= 0.3 is 0 Å². The largest absolute Gasteiger partial charge is 0.391 e. The van der Waals surface area contributed by atoms with Crippen LogP contribution in [0.1, 0.15) is 18.0 Å². The van der Waals surface area contributed by atoms with Crippen molar-refractivity contribution in [3.8, 4) is 0 Å². The molecule has 1 heterocycles. The quantitative estimate of drug-likeness (QED) is 0.682. The molecule has 1 aliphatic heterocycles. The lowest BCUT2D eigenvalue weighted by Crippen LogP contribution is -2.20. The molecular formula is C10H12FNO. The fourth-order valence-electron chi connectivity index (χ4n) is 1.73. The molecule has 2 N–H and O–H groups in total. The predicted octanol–water partition coefficient (Wildman–Crippen LogP) is 1.22. The molecule has 3 heteroatoms. The van der Waals surface area contributed by atoms with Crippen LogP contribution in [-0.2, 0) is 0 Å². The maximum Gasteiger partial charge on any atom is 0.123 e. The molecule has 13 heavy (non-hydrogen) atoms. The van der Waals surface area contributed by atoms with Crippen LogP contribution in [0.15, 0.2) is 24.3 Å². The zero-order valence-corrected chi connectivity index (χ0v) is 7.20. The highest BCUT2D eigenvalue weighted by atomic mass is 19.1. The SMILES string of the molecule is O[C@H]1CCN[C@H]1c1cccc(F)c1. The van der Waals surface area contributed by atoms with Crippen molar-refractivity contribution >= 4 is 0 Å². The van der Waals surface area contributed by atoms with E-state index in [4.69, 9.17) is 0 Å². The van der Waals surface area contributed by atoms with Crippen molar-refractivity contribution in [2.75, 3.05) is 6.54 Å². The summed E-state index contributed by atoms with van der Waals surface area (Å²) in [5.41, 5.74) is 0.824. The summed E-state index contributed by atoms with van der Waals surface area (Å²) in [6.07, 6.45) is 0.350. The highest BCUT2D eigenvalue weighted by Gasteiger charge is 2.25. The zero-order valence-electron chi connectivity index (χ0n) is 7.20. The number of aliphatic hydroxyl groups is 1. The Bertz CT molecular complexity index is 303. The molecule has 2 nitrogen and oxygen atoms in total. The lowest BCUT2D eigenvalue weighted by atomic mass is 10.0. The van der Waals surface area contributed by atoms with Gasteiger partial charge in [-0.3, -0.25) is 0 Å². The van der Waals surface area contributed by atoms with Crippen molar-refractivity contribution in [2.45, 2.75) is 18.6 Å². The Kier molecular flexibility index (Phi) is 2.29. The van der Waals surface area contributed by atoms with Crippen molar-refractivity contribution in [1.29, 1.82) is 0 Å². The molecule has 0 amide bonds. The Morgan fingerprint density at radius 3 is 2.92 bits per heavy atom. The van der Waals surface area contributed by atoms with Crippen LogP contribution in [0, 0.1) is 5.82 Å². The minimum Gasteiger partial charge on any atom is -0.391 e. The van der Waals surface area contributed by atoms with Crippen LogP contribution in [0.3, 0.4) is 0 Å². The van der Waals surface area contributed by atoms with Crippen LogP contribution in [-0.4, -0.2) is 17.8 Å². The van der Waals surface area contributed by atoms with Gasteiger partial charge in [-0.25, -0.2) is 4.39 Å². The van der Waals surface area contributed by atoms with E-state index in [9.17, 15) is 9.50 Å². The Morgan fingerprint density at radius 2 is 2.31 bits per heavy atom. The van der Waals surface area contributed by atoms with Gasteiger partial charge in [0.05, 0.1) is 12.1 Å². The van der Waals surface area contributed by atoms with Crippen molar-refractivity contribution in [2.24, 2.45) is 0 Å². The summed E-state index contributed by atoms with van der Waals surface area (Å²) in [6, 6.07) is 6.26. The third-order valence-electron chi connectivity index (χ3n) is 2.40. The second kappa shape index (κ2) is 3.44. The number of aliphatic hydroxyl groups excluding tert-OH is 1. The van der Waals surface area contributed by atoms with Gasteiger partial charge in [-0.15, -0.1) is 0 Å². The fourth-order valence-corrected chi connectivity index (χ4v) is 1.73. The molecule has 0 aromatic heterocycles. The van der Waals surface area contributed by atoms with E-state index in [1.165, 1.54) is 12.1 Å². The lowest BCUT2D eigenvalue weighted by molar-refractivity contribution is 0.160. The first-order valence-electron chi connectivity index (χ1n) is 4.44. The van der Waals surface area contributed by atoms with E-state index in [-0.39, 0.29) is 18.0 Å². The number of nitrogens with one attached hydrogen (secondary N) is 1. The monoisotopic (exact) mass is 181 g/mol. The van der Waals surface area contributed by atoms with Gasteiger partial charge in [0.2, 0.25) is 0 Å². The van der Waals surface area contributed by atoms with Crippen molar-refractivity contribution in [3.63, 3.8) is 0 Å². The van der Waals surface area contributed by atoms with Crippen LogP contribution in [0.4, 0.5) is 4.39 Å². The molecule has 1 saturated heterocycles. The third kappa shape index (κ3) is 1.71. The van der Waals surface area contributed by atoms with Gasteiger partial charge in [0.1, 0.15) is 5.82 Å². The highest BCUT2D eigenvalue weighted by Crippen LogP contribution is 2.23. The predicted molar refractivity (Wildman–Crippen MR) is 47.8 cm³/mol. The van der Waals surface area contributed by atoms with Gasteiger partial charge in [-0.05, 0) is 30.7 Å². The lowest BCUT2D eigenvalue weighted by Gasteiger charge is -2.14. The van der Waals surface area contributed by atoms with E-state index in [1.54, 1.807) is 6.07 Å². The summed E-state index contributed by atoms with van der Waals surface area (Å²) in [7, 11) is 0. The second-order valence-electron chi connectivity index (χ2n) is 3.34. The molecule has 1 fully saturated rings. The van der Waals surface area contributed by atoms with Crippen molar-refractivity contribution in [3.05, 3.63) is 35.6 Å². The average Bonchev–Trinajstić information content (AvgIpc) is 2.51. The summed E-state index contributed by atoms with van der Waals surface area (Å²) < 4.78 is 12.8. The zero-order chi connectivity index (χ0) is 9.26. The number of benzene rings is 1. The molecule has 2 rings (SSSR count).